The molecule has 0 fully saturated rings. The van der Waals surface area contributed by atoms with Crippen LogP contribution in [-0.4, -0.2) is 27.8 Å². The smallest absolute Gasteiger partial charge is 0.271 e. The average Bonchev–Trinajstić information content (AvgIpc) is 3.29. The predicted molar refractivity (Wildman–Crippen MR) is 116 cm³/mol. The van der Waals surface area contributed by atoms with E-state index in [1.54, 1.807) is 19.9 Å². The number of hydrogen-bond acceptors (Lipinski definition) is 4. The Bertz CT molecular complexity index is 1380. The minimum absolute atomic E-state index is 0.0257. The van der Waals surface area contributed by atoms with Crippen LogP contribution in [0.5, 0.6) is 0 Å². The molecule has 0 bridgehead atoms. The van der Waals surface area contributed by atoms with E-state index < -0.39 is 11.8 Å². The third kappa shape index (κ3) is 3.45. The van der Waals surface area contributed by atoms with Crippen LogP contribution in [0.3, 0.4) is 0 Å². The Labute approximate surface area is 179 Å². The van der Waals surface area contributed by atoms with Crippen LogP contribution in [0.4, 0.5) is 0 Å². The van der Waals surface area contributed by atoms with Crippen molar-refractivity contribution in [1.82, 2.24) is 9.47 Å². The van der Waals surface area contributed by atoms with Gasteiger partial charge in [0.25, 0.3) is 11.8 Å². The average molecular weight is 409 g/mol. The number of aryl methyl sites for hydroxylation is 1. The molecule has 6 heteroatoms. The summed E-state index contributed by atoms with van der Waals surface area (Å²) in [5.41, 5.74) is 3.81. The zero-order valence-electron chi connectivity index (χ0n) is 17.4. The van der Waals surface area contributed by atoms with Crippen molar-refractivity contribution in [1.29, 1.82) is 5.26 Å². The molecule has 2 aromatic heterocycles. The van der Waals surface area contributed by atoms with Gasteiger partial charge in [0.15, 0.2) is 5.58 Å². The minimum Gasteiger partial charge on any atom is -0.455 e. The Morgan fingerprint density at radius 3 is 2.48 bits per heavy atom. The molecule has 0 atom stereocenters. The molecule has 0 N–H and O–H groups in total. The summed E-state index contributed by atoms with van der Waals surface area (Å²) < 4.78 is 7.84. The number of nitriles is 1. The van der Waals surface area contributed by atoms with Gasteiger partial charge in [-0.15, -0.1) is 0 Å². The number of aromatic nitrogens is 1. The molecule has 6 nitrogen and oxygen atoms in total. The Kier molecular flexibility index (Phi) is 5.07. The molecule has 0 aliphatic carbocycles. The highest BCUT2D eigenvalue weighted by atomic mass is 16.3. The quantitative estimate of drug-likeness (QED) is 0.367. The van der Waals surface area contributed by atoms with Crippen LogP contribution in [-0.2, 0) is 16.6 Å². The Morgan fingerprint density at radius 2 is 1.84 bits per heavy atom. The van der Waals surface area contributed by atoms with Gasteiger partial charge >= 0.3 is 0 Å². The highest BCUT2D eigenvalue weighted by Crippen LogP contribution is 2.29. The number of carbonyl (C=O) groups is 2. The highest BCUT2D eigenvalue weighted by Gasteiger charge is 2.34. The lowest BCUT2D eigenvalue weighted by Crippen LogP contribution is -2.42. The number of carbonyl (C=O) groups excluding carboxylic acids is 2. The summed E-state index contributed by atoms with van der Waals surface area (Å²) in [7, 11) is 1.89. The van der Waals surface area contributed by atoms with E-state index in [-0.39, 0.29) is 17.7 Å². The number of furan rings is 1. The molecule has 2 amide bonds. The fourth-order valence-corrected chi connectivity index (χ4v) is 3.54. The largest absolute Gasteiger partial charge is 0.455 e. The predicted octanol–water partition coefficient (Wildman–Crippen LogP) is 3.78. The van der Waals surface area contributed by atoms with Gasteiger partial charge in [-0.05, 0) is 43.5 Å². The topological polar surface area (TPSA) is 79.2 Å². The van der Waals surface area contributed by atoms with Gasteiger partial charge in [-0.2, -0.15) is 5.26 Å². The number of benzene rings is 1. The van der Waals surface area contributed by atoms with Gasteiger partial charge < -0.3 is 8.98 Å². The van der Waals surface area contributed by atoms with Crippen molar-refractivity contribution in [2.45, 2.75) is 13.8 Å². The number of likely N-dealkylation sites (N-methyl/N-ethyl adjacent to an activating group) is 1. The lowest BCUT2D eigenvalue weighted by molar-refractivity contribution is -0.140. The molecule has 152 valence electrons. The number of imide groups is 1. The van der Waals surface area contributed by atoms with E-state index in [0.717, 1.165) is 21.7 Å². The molecule has 1 aliphatic rings. The lowest BCUT2D eigenvalue weighted by Gasteiger charge is -2.25. The minimum atomic E-state index is -0.559. The van der Waals surface area contributed by atoms with Crippen molar-refractivity contribution >= 4 is 29.0 Å². The summed E-state index contributed by atoms with van der Waals surface area (Å²) in [5, 5.41) is 9.36. The van der Waals surface area contributed by atoms with Gasteiger partial charge in [0.1, 0.15) is 17.4 Å². The van der Waals surface area contributed by atoms with Gasteiger partial charge in [-0.3, -0.25) is 14.5 Å². The summed E-state index contributed by atoms with van der Waals surface area (Å²) in [4.78, 5) is 26.1. The van der Waals surface area contributed by atoms with E-state index in [4.69, 9.17) is 4.42 Å². The van der Waals surface area contributed by atoms with Crippen LogP contribution in [0.1, 0.15) is 30.9 Å². The summed E-state index contributed by atoms with van der Waals surface area (Å²) in [5.74, 6) is 5.75. The molecule has 0 saturated carbocycles. The first-order chi connectivity index (χ1) is 14.9. The van der Waals surface area contributed by atoms with Gasteiger partial charge in [0, 0.05) is 36.9 Å². The Morgan fingerprint density at radius 1 is 1.10 bits per heavy atom. The summed E-state index contributed by atoms with van der Waals surface area (Å²) in [6.07, 6.45) is 1.58. The molecular formula is C25H19N3O3. The fourth-order valence-electron chi connectivity index (χ4n) is 3.54. The van der Waals surface area contributed by atoms with Crippen LogP contribution >= 0.6 is 0 Å². The SMILES string of the molecule is CCN1C(=O)C(C#N)=C(C)/C(=C/c2cc3c(cc(C#Cc4ccccc4)n3C)o2)C1=O. The monoisotopic (exact) mass is 409 g/mol. The van der Waals surface area contributed by atoms with Crippen molar-refractivity contribution in [3.63, 3.8) is 0 Å². The molecule has 0 saturated heterocycles. The van der Waals surface area contributed by atoms with Crippen LogP contribution in [0.15, 0.2) is 63.6 Å². The second kappa shape index (κ2) is 7.85. The molecule has 3 aromatic rings. The van der Waals surface area contributed by atoms with Crippen LogP contribution in [0, 0.1) is 23.2 Å². The molecule has 0 unspecified atom stereocenters. The number of fused-ring (bicyclic) bond motifs is 1. The second-order valence-corrected chi connectivity index (χ2v) is 7.13. The first-order valence-electron chi connectivity index (χ1n) is 9.80. The maximum atomic E-state index is 12.8. The number of amides is 2. The second-order valence-electron chi connectivity index (χ2n) is 7.13. The van der Waals surface area contributed by atoms with E-state index in [1.165, 1.54) is 0 Å². The molecule has 3 heterocycles. The van der Waals surface area contributed by atoms with E-state index in [1.807, 2.05) is 60.1 Å². The van der Waals surface area contributed by atoms with Gasteiger partial charge in [-0.25, -0.2) is 0 Å². The van der Waals surface area contributed by atoms with Gasteiger partial charge in [0.05, 0.1) is 11.2 Å². The number of hydrogen-bond donors (Lipinski definition) is 0. The van der Waals surface area contributed by atoms with Crippen molar-refractivity contribution in [3.8, 4) is 17.9 Å². The van der Waals surface area contributed by atoms with Crippen LogP contribution in [0.25, 0.3) is 17.2 Å². The first kappa shape index (κ1) is 20.0. The van der Waals surface area contributed by atoms with Crippen LogP contribution in [0.2, 0.25) is 0 Å². The number of rotatable bonds is 2. The van der Waals surface area contributed by atoms with E-state index >= 15 is 0 Å². The number of nitrogens with zero attached hydrogens (tertiary/aromatic N) is 3. The Hall–Kier alpha value is -4.29. The fraction of sp³-hybridized carbons (Fsp3) is 0.160. The zero-order chi connectivity index (χ0) is 22.1. The Balaban J connectivity index is 1.73. The van der Waals surface area contributed by atoms with E-state index in [9.17, 15) is 14.9 Å². The highest BCUT2D eigenvalue weighted by molar-refractivity contribution is 6.19. The molecule has 0 spiro atoms. The molecule has 0 radical (unpaired) electrons. The standard InChI is InChI=1S/C25H19N3O3/c1-4-28-24(29)20(16(2)21(15-26)25(28)30)13-19-14-22-23(31-19)12-18(27(22)3)11-10-17-8-6-5-7-9-17/h5-9,12-14H,4H2,1-3H3/b20-13-. The lowest BCUT2D eigenvalue weighted by atomic mass is 9.95. The molecule has 1 aliphatic heterocycles. The third-order valence-corrected chi connectivity index (χ3v) is 5.29. The van der Waals surface area contributed by atoms with Crippen molar-refractivity contribution in [3.05, 3.63) is 76.2 Å². The molecule has 31 heavy (non-hydrogen) atoms. The normalized spacial score (nSPS) is 15.4. The molecule has 4 rings (SSSR count). The summed E-state index contributed by atoms with van der Waals surface area (Å²) in [6, 6.07) is 15.3. The first-order valence-corrected chi connectivity index (χ1v) is 9.80. The van der Waals surface area contributed by atoms with Crippen molar-refractivity contribution < 1.29 is 14.0 Å². The third-order valence-electron chi connectivity index (χ3n) is 5.29. The maximum absolute atomic E-state index is 12.8. The van der Waals surface area contributed by atoms with Crippen molar-refractivity contribution in [2.75, 3.05) is 6.54 Å². The molecule has 1 aromatic carbocycles. The zero-order valence-corrected chi connectivity index (χ0v) is 17.4. The van der Waals surface area contributed by atoms with E-state index in [2.05, 4.69) is 11.8 Å². The van der Waals surface area contributed by atoms with Crippen LogP contribution < -0.4 is 0 Å². The van der Waals surface area contributed by atoms with Gasteiger partial charge in [-0.1, -0.05) is 24.1 Å². The summed E-state index contributed by atoms with van der Waals surface area (Å²) >= 11 is 0. The van der Waals surface area contributed by atoms with Crippen molar-refractivity contribution in [2.24, 2.45) is 7.05 Å². The summed E-state index contributed by atoms with van der Waals surface area (Å²) in [6.45, 7) is 3.49. The van der Waals surface area contributed by atoms with Gasteiger partial charge in [0.2, 0.25) is 0 Å². The maximum Gasteiger partial charge on any atom is 0.271 e. The van der Waals surface area contributed by atoms with E-state index in [0.29, 0.717) is 16.9 Å². The molecular weight excluding hydrogens is 390 g/mol.